The van der Waals surface area contributed by atoms with Crippen molar-refractivity contribution in [1.29, 1.82) is 0 Å². The topological polar surface area (TPSA) is 9.23 Å². The summed E-state index contributed by atoms with van der Waals surface area (Å²) in [6, 6.07) is 6.15. The number of fused-ring (bicyclic) bond motifs is 1. The highest BCUT2D eigenvalue weighted by Gasteiger charge is 2.11. The first kappa shape index (κ1) is 6.71. The molecule has 2 radical (unpaired) electrons. The molecule has 0 bridgehead atoms. The third kappa shape index (κ3) is 1.11. The molecule has 2 rings (SSSR count). The van der Waals surface area contributed by atoms with E-state index in [1.165, 1.54) is 11.1 Å². The molecule has 0 saturated heterocycles. The van der Waals surface area contributed by atoms with Crippen LogP contribution in [0.15, 0.2) is 18.2 Å². The molecule has 1 aromatic carbocycles. The van der Waals surface area contributed by atoms with Gasteiger partial charge in [0.1, 0.15) is 5.75 Å². The van der Waals surface area contributed by atoms with Gasteiger partial charge in [-0.3, -0.25) is 0 Å². The Morgan fingerprint density at radius 3 is 3.18 bits per heavy atom. The smallest absolute Gasteiger partial charge is 0.119 e. The van der Waals surface area contributed by atoms with Crippen molar-refractivity contribution in [2.75, 3.05) is 7.11 Å². The summed E-state index contributed by atoms with van der Waals surface area (Å²) in [7, 11) is 1.70. The molecule has 0 aliphatic heterocycles. The van der Waals surface area contributed by atoms with Gasteiger partial charge in [0.25, 0.3) is 0 Å². The van der Waals surface area contributed by atoms with Gasteiger partial charge in [0.15, 0.2) is 0 Å². The molecule has 1 aliphatic carbocycles. The van der Waals surface area contributed by atoms with Crippen LogP contribution in [0.25, 0.3) is 0 Å². The van der Waals surface area contributed by atoms with Gasteiger partial charge in [0.2, 0.25) is 0 Å². The second-order valence-electron chi connectivity index (χ2n) is 2.70. The third-order valence-corrected chi connectivity index (χ3v) is 2.02. The van der Waals surface area contributed by atoms with Gasteiger partial charge in [-0.05, 0) is 36.1 Å². The van der Waals surface area contributed by atoms with Crippen LogP contribution >= 0.6 is 0 Å². The average molecular weight is 146 g/mol. The molecular weight excluding hydrogens is 136 g/mol. The molecular formula is C10H10O. The first-order valence-corrected chi connectivity index (χ1v) is 3.81. The minimum absolute atomic E-state index is 0.951. The highest BCUT2D eigenvalue weighted by atomic mass is 16.5. The van der Waals surface area contributed by atoms with Crippen LogP contribution in [0.2, 0.25) is 0 Å². The van der Waals surface area contributed by atoms with Crippen molar-refractivity contribution in [3.05, 3.63) is 35.7 Å². The van der Waals surface area contributed by atoms with Crippen LogP contribution in [0, 0.1) is 6.42 Å². The van der Waals surface area contributed by atoms with Gasteiger partial charge in [-0.1, -0.05) is 6.07 Å². The number of methoxy groups -OCH3 is 1. The predicted octanol–water partition coefficient (Wildman–Crippen LogP) is 2.07. The molecule has 0 saturated carbocycles. The summed E-state index contributed by atoms with van der Waals surface area (Å²) in [5, 5.41) is 0. The van der Waals surface area contributed by atoms with E-state index < -0.39 is 0 Å². The van der Waals surface area contributed by atoms with Crippen LogP contribution in [-0.2, 0) is 6.42 Å². The van der Waals surface area contributed by atoms with Gasteiger partial charge < -0.3 is 4.74 Å². The van der Waals surface area contributed by atoms with E-state index in [4.69, 9.17) is 4.74 Å². The SMILES string of the molecule is COc1ccc2c(c1)CC[C]2. The molecule has 1 aromatic rings. The number of rotatable bonds is 1. The van der Waals surface area contributed by atoms with E-state index in [1.807, 2.05) is 6.07 Å². The monoisotopic (exact) mass is 146 g/mol. The number of hydrogen-bond acceptors (Lipinski definition) is 1. The van der Waals surface area contributed by atoms with E-state index in [0.717, 1.165) is 18.6 Å². The fourth-order valence-electron chi connectivity index (χ4n) is 1.41. The van der Waals surface area contributed by atoms with Crippen molar-refractivity contribution in [3.8, 4) is 5.75 Å². The number of aryl methyl sites for hydroxylation is 1. The van der Waals surface area contributed by atoms with E-state index in [9.17, 15) is 0 Å². The van der Waals surface area contributed by atoms with Crippen molar-refractivity contribution in [3.63, 3.8) is 0 Å². The van der Waals surface area contributed by atoms with Gasteiger partial charge in [0, 0.05) is 6.42 Å². The summed E-state index contributed by atoms with van der Waals surface area (Å²) in [6.45, 7) is 0. The van der Waals surface area contributed by atoms with E-state index in [2.05, 4.69) is 18.6 Å². The molecule has 0 unspecified atom stereocenters. The van der Waals surface area contributed by atoms with Gasteiger partial charge in [-0.15, -0.1) is 0 Å². The summed E-state index contributed by atoms with van der Waals surface area (Å²) in [6.07, 6.45) is 5.47. The van der Waals surface area contributed by atoms with Crippen LogP contribution in [0.3, 0.4) is 0 Å². The second-order valence-corrected chi connectivity index (χ2v) is 2.70. The van der Waals surface area contributed by atoms with Crippen molar-refractivity contribution in [1.82, 2.24) is 0 Å². The Bertz CT molecular complexity index is 266. The highest BCUT2D eigenvalue weighted by molar-refractivity contribution is 5.42. The molecule has 0 amide bonds. The Kier molecular flexibility index (Phi) is 1.57. The zero-order valence-corrected chi connectivity index (χ0v) is 6.55. The maximum atomic E-state index is 5.11. The Morgan fingerprint density at radius 2 is 2.36 bits per heavy atom. The molecule has 1 nitrogen and oxygen atoms in total. The fraction of sp³-hybridized carbons (Fsp3) is 0.300. The normalized spacial score (nSPS) is 14.6. The zero-order valence-electron chi connectivity index (χ0n) is 6.55. The standard InChI is InChI=1S/C10H10O/c1-11-10-6-5-8-3-2-4-9(8)7-10/h5-7H,2,4H2,1H3. The molecule has 1 heteroatoms. The number of benzene rings is 1. The molecule has 0 spiro atoms. The van der Waals surface area contributed by atoms with E-state index in [0.29, 0.717) is 0 Å². The second kappa shape index (κ2) is 2.57. The molecule has 1 aliphatic rings. The summed E-state index contributed by atoms with van der Waals surface area (Å²) < 4.78 is 5.11. The summed E-state index contributed by atoms with van der Waals surface area (Å²) in [5.41, 5.74) is 2.62. The lowest BCUT2D eigenvalue weighted by molar-refractivity contribution is 0.414. The molecule has 0 aromatic heterocycles. The van der Waals surface area contributed by atoms with Gasteiger partial charge in [0.05, 0.1) is 7.11 Å². The lowest BCUT2D eigenvalue weighted by Crippen LogP contribution is -1.85. The van der Waals surface area contributed by atoms with Crippen LogP contribution in [-0.4, -0.2) is 7.11 Å². The number of hydrogen-bond donors (Lipinski definition) is 0. The Morgan fingerprint density at radius 1 is 1.45 bits per heavy atom. The Labute approximate surface area is 67.0 Å². The fourth-order valence-corrected chi connectivity index (χ4v) is 1.41. The van der Waals surface area contributed by atoms with Crippen LogP contribution in [0.5, 0.6) is 5.75 Å². The quantitative estimate of drug-likeness (QED) is 0.589. The molecule has 11 heavy (non-hydrogen) atoms. The lowest BCUT2D eigenvalue weighted by Gasteiger charge is -2.01. The van der Waals surface area contributed by atoms with Crippen molar-refractivity contribution < 1.29 is 4.74 Å². The van der Waals surface area contributed by atoms with E-state index in [1.54, 1.807) is 7.11 Å². The van der Waals surface area contributed by atoms with Crippen molar-refractivity contribution in [2.24, 2.45) is 0 Å². The Hall–Kier alpha value is -0.980. The molecule has 0 heterocycles. The van der Waals surface area contributed by atoms with Crippen LogP contribution in [0.4, 0.5) is 0 Å². The minimum atomic E-state index is 0.951. The largest absolute Gasteiger partial charge is 0.497 e. The predicted molar refractivity (Wildman–Crippen MR) is 43.7 cm³/mol. The maximum absolute atomic E-state index is 5.11. The maximum Gasteiger partial charge on any atom is 0.119 e. The van der Waals surface area contributed by atoms with Crippen LogP contribution < -0.4 is 4.74 Å². The van der Waals surface area contributed by atoms with Gasteiger partial charge >= 0.3 is 0 Å². The molecule has 0 N–H and O–H groups in total. The first-order valence-electron chi connectivity index (χ1n) is 3.81. The zero-order chi connectivity index (χ0) is 7.68. The Balaban J connectivity index is 2.41. The van der Waals surface area contributed by atoms with Gasteiger partial charge in [-0.25, -0.2) is 0 Å². The van der Waals surface area contributed by atoms with E-state index >= 15 is 0 Å². The van der Waals surface area contributed by atoms with E-state index in [-0.39, 0.29) is 0 Å². The summed E-state index contributed by atoms with van der Waals surface area (Å²) in [5.74, 6) is 0.951. The average Bonchev–Trinajstić information content (AvgIpc) is 2.50. The van der Waals surface area contributed by atoms with Crippen molar-refractivity contribution in [2.45, 2.75) is 12.8 Å². The molecule has 0 fully saturated rings. The van der Waals surface area contributed by atoms with Gasteiger partial charge in [-0.2, -0.15) is 0 Å². The third-order valence-electron chi connectivity index (χ3n) is 2.02. The highest BCUT2D eigenvalue weighted by Crippen LogP contribution is 2.26. The molecule has 0 atom stereocenters. The lowest BCUT2D eigenvalue weighted by atomic mass is 10.1. The molecule has 56 valence electrons. The number of ether oxygens (including phenoxy) is 1. The minimum Gasteiger partial charge on any atom is -0.497 e. The van der Waals surface area contributed by atoms with Crippen LogP contribution in [0.1, 0.15) is 17.5 Å². The first-order chi connectivity index (χ1) is 5.40. The summed E-state index contributed by atoms with van der Waals surface area (Å²) >= 11 is 0. The summed E-state index contributed by atoms with van der Waals surface area (Å²) in [4.78, 5) is 0. The van der Waals surface area contributed by atoms with Crippen molar-refractivity contribution >= 4 is 0 Å².